The van der Waals surface area contributed by atoms with Crippen molar-refractivity contribution in [2.24, 2.45) is 0 Å². The highest BCUT2D eigenvalue weighted by molar-refractivity contribution is 9.10. The number of carbonyl (C=O) groups excluding carboxylic acids is 1. The average molecular weight is 497 g/mol. The second-order valence-corrected chi connectivity index (χ2v) is 8.28. The standard InChI is InChI=1S/C22H21BrN6O3/c23-16-8-9-20(24-10-16)25-21(30)14-29-13-17(26-27-29)12-28-11-15(4-3-7-22(31)32)18-5-1-2-6-19(18)28/h1-2,5-6,8-11,13H,3-4,7,12,14H2,(H,31,32)(H,24,25,30). The quantitative estimate of drug-likeness (QED) is 0.366. The van der Waals surface area contributed by atoms with E-state index in [1.807, 2.05) is 30.5 Å². The first kappa shape index (κ1) is 21.7. The van der Waals surface area contributed by atoms with Gasteiger partial charge in [-0.25, -0.2) is 9.67 Å². The number of carboxylic acids is 1. The molecule has 0 saturated carbocycles. The van der Waals surface area contributed by atoms with Gasteiger partial charge in [0.25, 0.3) is 0 Å². The molecule has 0 unspecified atom stereocenters. The van der Waals surface area contributed by atoms with Crippen LogP contribution in [0.2, 0.25) is 0 Å². The van der Waals surface area contributed by atoms with Gasteiger partial charge in [-0.1, -0.05) is 23.4 Å². The van der Waals surface area contributed by atoms with Crippen LogP contribution in [0.5, 0.6) is 0 Å². The van der Waals surface area contributed by atoms with Crippen LogP contribution in [0.15, 0.2) is 59.5 Å². The lowest BCUT2D eigenvalue weighted by molar-refractivity contribution is -0.137. The number of hydrogen-bond acceptors (Lipinski definition) is 5. The smallest absolute Gasteiger partial charge is 0.303 e. The van der Waals surface area contributed by atoms with Gasteiger partial charge in [0.15, 0.2) is 0 Å². The summed E-state index contributed by atoms with van der Waals surface area (Å²) in [5.74, 6) is -0.568. The summed E-state index contributed by atoms with van der Waals surface area (Å²) in [6, 6.07) is 11.5. The first-order valence-corrected chi connectivity index (χ1v) is 10.9. The summed E-state index contributed by atoms with van der Waals surface area (Å²) in [7, 11) is 0. The monoisotopic (exact) mass is 496 g/mol. The molecule has 0 aliphatic carbocycles. The van der Waals surface area contributed by atoms with E-state index in [4.69, 9.17) is 5.11 Å². The Kier molecular flexibility index (Phi) is 6.60. The van der Waals surface area contributed by atoms with Crippen molar-refractivity contribution >= 4 is 44.5 Å². The highest BCUT2D eigenvalue weighted by atomic mass is 79.9. The van der Waals surface area contributed by atoms with E-state index in [1.165, 1.54) is 4.68 Å². The lowest BCUT2D eigenvalue weighted by Gasteiger charge is -2.04. The molecule has 0 aliphatic heterocycles. The van der Waals surface area contributed by atoms with Crippen LogP contribution in [-0.2, 0) is 29.1 Å². The van der Waals surface area contributed by atoms with Crippen molar-refractivity contribution < 1.29 is 14.7 Å². The third kappa shape index (κ3) is 5.38. The molecule has 0 radical (unpaired) electrons. The molecule has 1 aromatic carbocycles. The van der Waals surface area contributed by atoms with Gasteiger partial charge in [-0.2, -0.15) is 0 Å². The number of anilines is 1. The number of halogens is 1. The summed E-state index contributed by atoms with van der Waals surface area (Å²) in [6.45, 7) is 0.521. The molecule has 0 aliphatic rings. The number of carboxylic acid groups (broad SMARTS) is 1. The fourth-order valence-electron chi connectivity index (χ4n) is 3.52. The maximum atomic E-state index is 12.3. The van der Waals surface area contributed by atoms with Crippen molar-refractivity contribution in [2.45, 2.75) is 32.4 Å². The van der Waals surface area contributed by atoms with E-state index in [0.29, 0.717) is 25.2 Å². The maximum Gasteiger partial charge on any atom is 0.303 e. The molecule has 0 fully saturated rings. The van der Waals surface area contributed by atoms with E-state index in [0.717, 1.165) is 26.6 Å². The second-order valence-electron chi connectivity index (χ2n) is 7.36. The van der Waals surface area contributed by atoms with Crippen LogP contribution >= 0.6 is 15.9 Å². The van der Waals surface area contributed by atoms with Crippen LogP contribution in [0.1, 0.15) is 24.1 Å². The molecule has 4 rings (SSSR count). The van der Waals surface area contributed by atoms with Crippen molar-refractivity contribution in [1.29, 1.82) is 0 Å². The largest absolute Gasteiger partial charge is 0.481 e. The highest BCUT2D eigenvalue weighted by Gasteiger charge is 2.12. The van der Waals surface area contributed by atoms with Gasteiger partial charge >= 0.3 is 5.97 Å². The van der Waals surface area contributed by atoms with Crippen LogP contribution in [0.25, 0.3) is 10.9 Å². The molecule has 10 heteroatoms. The highest BCUT2D eigenvalue weighted by Crippen LogP contribution is 2.23. The van der Waals surface area contributed by atoms with Crippen molar-refractivity contribution in [3.05, 3.63) is 70.7 Å². The predicted molar refractivity (Wildman–Crippen MR) is 122 cm³/mol. The van der Waals surface area contributed by atoms with Crippen LogP contribution in [0.3, 0.4) is 0 Å². The number of nitrogens with zero attached hydrogens (tertiary/aromatic N) is 5. The maximum absolute atomic E-state index is 12.3. The molecule has 9 nitrogen and oxygen atoms in total. The number of carbonyl (C=O) groups is 2. The van der Waals surface area contributed by atoms with Crippen molar-refractivity contribution in [3.8, 4) is 0 Å². The van der Waals surface area contributed by atoms with E-state index < -0.39 is 5.97 Å². The zero-order chi connectivity index (χ0) is 22.5. The molecule has 3 heterocycles. The molecule has 0 atom stereocenters. The molecule has 32 heavy (non-hydrogen) atoms. The molecule has 0 bridgehead atoms. The normalized spacial score (nSPS) is 11.0. The van der Waals surface area contributed by atoms with E-state index in [-0.39, 0.29) is 18.9 Å². The Hall–Kier alpha value is -3.53. The number of nitrogens with one attached hydrogen (secondary N) is 1. The van der Waals surface area contributed by atoms with Crippen molar-refractivity contribution in [2.75, 3.05) is 5.32 Å². The summed E-state index contributed by atoms with van der Waals surface area (Å²) in [5, 5.41) is 21.0. The molecule has 164 valence electrons. The van der Waals surface area contributed by atoms with Gasteiger partial charge in [0.2, 0.25) is 5.91 Å². The number of amides is 1. The van der Waals surface area contributed by atoms with E-state index in [2.05, 4.69) is 41.1 Å². The predicted octanol–water partition coefficient (Wildman–Crippen LogP) is 3.48. The van der Waals surface area contributed by atoms with Gasteiger partial charge in [-0.05, 0) is 52.5 Å². The van der Waals surface area contributed by atoms with E-state index in [1.54, 1.807) is 24.5 Å². The Labute approximate surface area is 192 Å². The number of rotatable bonds is 9. The Balaban J connectivity index is 1.43. The first-order chi connectivity index (χ1) is 15.5. The summed E-state index contributed by atoms with van der Waals surface area (Å²) in [4.78, 5) is 27.2. The van der Waals surface area contributed by atoms with Crippen LogP contribution in [0.4, 0.5) is 5.82 Å². The number of hydrogen-bond donors (Lipinski definition) is 2. The Morgan fingerprint density at radius 3 is 2.75 bits per heavy atom. The van der Waals surface area contributed by atoms with Gasteiger partial charge in [0.1, 0.15) is 18.1 Å². The van der Waals surface area contributed by atoms with Crippen molar-refractivity contribution in [1.82, 2.24) is 24.5 Å². The molecule has 0 spiro atoms. The van der Waals surface area contributed by atoms with Gasteiger partial charge in [0.05, 0.1) is 12.7 Å². The minimum Gasteiger partial charge on any atom is -0.481 e. The number of fused-ring (bicyclic) bond motifs is 1. The minimum atomic E-state index is -0.787. The Morgan fingerprint density at radius 2 is 1.97 bits per heavy atom. The SMILES string of the molecule is O=C(O)CCCc1cn(Cc2cn(CC(=O)Nc3ccc(Br)cn3)nn2)c2ccccc12. The van der Waals surface area contributed by atoms with Crippen LogP contribution < -0.4 is 5.32 Å². The number of pyridine rings is 1. The topological polar surface area (TPSA) is 115 Å². The summed E-state index contributed by atoms with van der Waals surface area (Å²) in [6.07, 6.45) is 6.82. The molecular weight excluding hydrogens is 476 g/mol. The second kappa shape index (κ2) is 9.73. The van der Waals surface area contributed by atoms with Gasteiger partial charge < -0.3 is 15.0 Å². The van der Waals surface area contributed by atoms with E-state index in [9.17, 15) is 9.59 Å². The third-order valence-electron chi connectivity index (χ3n) is 4.93. The Morgan fingerprint density at radius 1 is 1.12 bits per heavy atom. The average Bonchev–Trinajstić information content (AvgIpc) is 3.34. The van der Waals surface area contributed by atoms with Gasteiger partial charge in [0, 0.05) is 34.2 Å². The zero-order valence-corrected chi connectivity index (χ0v) is 18.7. The third-order valence-corrected chi connectivity index (χ3v) is 5.40. The number of benzene rings is 1. The summed E-state index contributed by atoms with van der Waals surface area (Å²) < 4.78 is 4.40. The minimum absolute atomic E-state index is 0.0254. The fourth-order valence-corrected chi connectivity index (χ4v) is 3.76. The molecule has 0 saturated heterocycles. The van der Waals surface area contributed by atoms with Crippen molar-refractivity contribution in [3.63, 3.8) is 0 Å². The number of aryl methyl sites for hydroxylation is 1. The zero-order valence-electron chi connectivity index (χ0n) is 17.1. The molecule has 4 aromatic rings. The van der Waals surface area contributed by atoms with Crippen LogP contribution in [-0.4, -0.2) is 41.5 Å². The fraction of sp³-hybridized carbons (Fsp3) is 0.227. The van der Waals surface area contributed by atoms with Crippen LogP contribution in [0, 0.1) is 0 Å². The Bertz CT molecular complexity index is 1250. The molecule has 1 amide bonds. The number of aromatic nitrogens is 5. The van der Waals surface area contributed by atoms with E-state index >= 15 is 0 Å². The van der Waals surface area contributed by atoms with Gasteiger partial charge in [-0.15, -0.1) is 5.10 Å². The van der Waals surface area contributed by atoms with Gasteiger partial charge in [-0.3, -0.25) is 9.59 Å². The lowest BCUT2D eigenvalue weighted by Crippen LogP contribution is -2.19. The first-order valence-electron chi connectivity index (χ1n) is 10.1. The molecule has 3 aromatic heterocycles. The molecular formula is C22H21BrN6O3. The number of aliphatic carboxylic acids is 1. The summed E-state index contributed by atoms with van der Waals surface area (Å²) in [5.41, 5.74) is 2.87. The number of para-hydroxylation sites is 1. The molecule has 2 N–H and O–H groups in total. The lowest BCUT2D eigenvalue weighted by atomic mass is 10.1. The summed E-state index contributed by atoms with van der Waals surface area (Å²) >= 11 is 3.31.